The lowest BCUT2D eigenvalue weighted by molar-refractivity contribution is -0.139. The van der Waals surface area contributed by atoms with Crippen LogP contribution in [0.1, 0.15) is 56.7 Å². The van der Waals surface area contributed by atoms with Crippen LogP contribution in [0.4, 0.5) is 0 Å². The van der Waals surface area contributed by atoms with E-state index in [0.717, 1.165) is 31.2 Å². The number of methoxy groups -OCH3 is 3. The summed E-state index contributed by atoms with van der Waals surface area (Å²) in [5.41, 5.74) is 1.56. The maximum Gasteiger partial charge on any atom is 0.247 e. The Kier molecular flexibility index (Phi) is 11.0. The number of alkyl halides is 1. The molecule has 0 radical (unpaired) electrons. The summed E-state index contributed by atoms with van der Waals surface area (Å²) >= 11 is 6.06. The molecule has 8 nitrogen and oxygen atoms in total. The molecule has 0 spiro atoms. The number of rotatable bonds is 13. The Labute approximate surface area is 230 Å². The monoisotopic (exact) mass is 546 g/mol. The van der Waals surface area contributed by atoms with E-state index in [4.69, 9.17) is 30.5 Å². The Morgan fingerprint density at radius 1 is 0.947 bits per heavy atom. The van der Waals surface area contributed by atoms with Gasteiger partial charge in [0, 0.05) is 12.6 Å². The number of carbonyl (C=O) groups is 2. The fraction of sp³-hybridized carbons (Fsp3) is 0.517. The first-order chi connectivity index (χ1) is 18.3. The third kappa shape index (κ3) is 7.47. The molecule has 0 aliphatic heterocycles. The molecular formula is C29H39ClN2O6. The van der Waals surface area contributed by atoms with Crippen molar-refractivity contribution in [2.45, 2.75) is 64.1 Å². The van der Waals surface area contributed by atoms with E-state index < -0.39 is 6.04 Å². The smallest absolute Gasteiger partial charge is 0.247 e. The van der Waals surface area contributed by atoms with Crippen LogP contribution in [0.3, 0.4) is 0 Å². The van der Waals surface area contributed by atoms with Gasteiger partial charge in [0.2, 0.25) is 11.8 Å². The fourth-order valence-corrected chi connectivity index (χ4v) is 4.94. The average molecular weight is 547 g/mol. The first kappa shape index (κ1) is 29.4. The highest BCUT2D eigenvalue weighted by molar-refractivity contribution is 6.27. The molecule has 2 amide bonds. The first-order valence-corrected chi connectivity index (χ1v) is 13.6. The maximum atomic E-state index is 13.8. The minimum absolute atomic E-state index is 0.0491. The van der Waals surface area contributed by atoms with Gasteiger partial charge in [0.1, 0.15) is 11.9 Å². The Morgan fingerprint density at radius 2 is 1.58 bits per heavy atom. The van der Waals surface area contributed by atoms with E-state index in [1.807, 2.05) is 38.1 Å². The molecule has 0 heterocycles. The van der Waals surface area contributed by atoms with Gasteiger partial charge in [-0.3, -0.25) is 9.59 Å². The largest absolute Gasteiger partial charge is 0.493 e. The van der Waals surface area contributed by atoms with Crippen LogP contribution < -0.4 is 24.3 Å². The van der Waals surface area contributed by atoms with Crippen LogP contribution in [-0.2, 0) is 16.0 Å². The van der Waals surface area contributed by atoms with Gasteiger partial charge in [-0.25, -0.2) is 0 Å². The van der Waals surface area contributed by atoms with E-state index in [-0.39, 0.29) is 36.4 Å². The zero-order valence-corrected chi connectivity index (χ0v) is 23.7. The molecule has 1 fully saturated rings. The number of carbonyl (C=O) groups excluding carboxylic acids is 2. The van der Waals surface area contributed by atoms with Crippen molar-refractivity contribution in [3.63, 3.8) is 0 Å². The van der Waals surface area contributed by atoms with Crippen molar-refractivity contribution >= 4 is 23.4 Å². The van der Waals surface area contributed by atoms with Crippen molar-refractivity contribution < 1.29 is 28.5 Å². The van der Waals surface area contributed by atoms with Crippen LogP contribution in [0.5, 0.6) is 23.0 Å². The second kappa shape index (κ2) is 14.1. The van der Waals surface area contributed by atoms with Crippen LogP contribution in [0.15, 0.2) is 36.4 Å². The fourth-order valence-electron chi connectivity index (χ4n) is 4.79. The lowest BCUT2D eigenvalue weighted by Gasteiger charge is -2.32. The number of nitrogens with one attached hydrogen (secondary N) is 1. The molecule has 0 bridgehead atoms. The maximum absolute atomic E-state index is 13.8. The number of amides is 2. The molecule has 3 rings (SSSR count). The summed E-state index contributed by atoms with van der Waals surface area (Å²) < 4.78 is 22.2. The van der Waals surface area contributed by atoms with Crippen LogP contribution in [-0.4, -0.2) is 62.6 Å². The Morgan fingerprint density at radius 3 is 2.18 bits per heavy atom. The minimum atomic E-state index is -0.885. The molecule has 9 heteroatoms. The third-order valence-corrected chi connectivity index (χ3v) is 6.88. The van der Waals surface area contributed by atoms with Gasteiger partial charge in [-0.1, -0.05) is 25.0 Å². The summed E-state index contributed by atoms with van der Waals surface area (Å²) in [6.07, 6.45) is 4.45. The summed E-state index contributed by atoms with van der Waals surface area (Å²) in [5, 5.41) is 3.17. The number of hydrogen-bond acceptors (Lipinski definition) is 6. The third-order valence-electron chi connectivity index (χ3n) is 6.65. The van der Waals surface area contributed by atoms with Crippen LogP contribution in [0.25, 0.3) is 0 Å². The number of hydrogen-bond donors (Lipinski definition) is 1. The molecule has 1 unspecified atom stereocenters. The predicted molar refractivity (Wildman–Crippen MR) is 148 cm³/mol. The molecule has 1 atom stereocenters. The quantitative estimate of drug-likeness (QED) is 0.359. The van der Waals surface area contributed by atoms with Crippen molar-refractivity contribution in [2.24, 2.45) is 0 Å². The topological polar surface area (TPSA) is 86.3 Å². The van der Waals surface area contributed by atoms with Crippen molar-refractivity contribution in [1.82, 2.24) is 10.2 Å². The highest BCUT2D eigenvalue weighted by Gasteiger charge is 2.33. The molecular weight excluding hydrogens is 508 g/mol. The molecule has 38 heavy (non-hydrogen) atoms. The van der Waals surface area contributed by atoms with Gasteiger partial charge in [-0.05, 0) is 68.5 Å². The summed E-state index contributed by atoms with van der Waals surface area (Å²) in [4.78, 5) is 28.5. The van der Waals surface area contributed by atoms with Gasteiger partial charge in [-0.15, -0.1) is 11.6 Å². The van der Waals surface area contributed by atoms with E-state index in [1.54, 1.807) is 38.4 Å². The second-order valence-corrected chi connectivity index (χ2v) is 9.90. The molecule has 1 N–H and O–H groups in total. The summed E-state index contributed by atoms with van der Waals surface area (Å²) in [6, 6.07) is 10.2. The first-order valence-electron chi connectivity index (χ1n) is 13.0. The molecule has 0 aromatic heterocycles. The van der Waals surface area contributed by atoms with Gasteiger partial charge in [0.15, 0.2) is 23.0 Å². The second-order valence-electron chi connectivity index (χ2n) is 9.63. The van der Waals surface area contributed by atoms with E-state index in [1.165, 1.54) is 0 Å². The molecule has 0 saturated heterocycles. The Bertz CT molecular complexity index is 1090. The predicted octanol–water partition coefficient (Wildman–Crippen LogP) is 4.91. The molecule has 2 aromatic rings. The molecule has 208 valence electrons. The summed E-state index contributed by atoms with van der Waals surface area (Å²) in [5.74, 6) is 1.47. The van der Waals surface area contributed by atoms with Crippen LogP contribution >= 0.6 is 11.6 Å². The van der Waals surface area contributed by atoms with E-state index in [0.29, 0.717) is 35.0 Å². The zero-order valence-electron chi connectivity index (χ0n) is 22.9. The van der Waals surface area contributed by atoms with Crippen LogP contribution in [0.2, 0.25) is 0 Å². The number of ether oxygens (including phenoxy) is 4. The molecule has 1 aliphatic carbocycles. The van der Waals surface area contributed by atoms with Gasteiger partial charge < -0.3 is 29.2 Å². The van der Waals surface area contributed by atoms with E-state index in [9.17, 15) is 9.59 Å². The lowest BCUT2D eigenvalue weighted by atomic mass is 10.0. The Balaban J connectivity index is 1.97. The number of benzene rings is 2. The summed E-state index contributed by atoms with van der Waals surface area (Å²) in [6.45, 7) is 4.14. The van der Waals surface area contributed by atoms with E-state index >= 15 is 0 Å². The van der Waals surface area contributed by atoms with Gasteiger partial charge in [0.25, 0.3) is 0 Å². The van der Waals surface area contributed by atoms with Crippen LogP contribution in [0, 0.1) is 0 Å². The van der Waals surface area contributed by atoms with Crippen molar-refractivity contribution in [1.29, 1.82) is 0 Å². The summed E-state index contributed by atoms with van der Waals surface area (Å²) in [7, 11) is 4.71. The normalized spacial score (nSPS) is 14.2. The minimum Gasteiger partial charge on any atom is -0.493 e. The van der Waals surface area contributed by atoms with Gasteiger partial charge in [0.05, 0.1) is 27.4 Å². The zero-order chi connectivity index (χ0) is 27.7. The number of halogens is 1. The highest BCUT2D eigenvalue weighted by atomic mass is 35.5. The number of nitrogens with zero attached hydrogens (tertiary/aromatic N) is 1. The lowest BCUT2D eigenvalue weighted by Crippen LogP contribution is -2.47. The molecule has 1 saturated carbocycles. The van der Waals surface area contributed by atoms with Gasteiger partial charge in [-0.2, -0.15) is 0 Å². The Hall–Kier alpha value is -3.13. The van der Waals surface area contributed by atoms with Crippen molar-refractivity contribution in [3.8, 4) is 23.0 Å². The highest BCUT2D eigenvalue weighted by Crippen LogP contribution is 2.34. The van der Waals surface area contributed by atoms with Crippen molar-refractivity contribution in [2.75, 3.05) is 33.8 Å². The van der Waals surface area contributed by atoms with E-state index in [2.05, 4.69) is 5.32 Å². The molecule has 2 aromatic carbocycles. The SMILES string of the molecule is COc1ccc(CCN(C(=O)CCl)C(C(=O)NC2CCCC2)c2ccc(OC(C)C)c(OC)c2)cc1OC. The average Bonchev–Trinajstić information content (AvgIpc) is 3.43. The molecule has 1 aliphatic rings. The van der Waals surface area contributed by atoms with Crippen molar-refractivity contribution in [3.05, 3.63) is 47.5 Å². The standard InChI is InChI=1S/C29H39ClN2O6/c1-19(2)38-24-13-11-21(17-26(24)37-5)28(29(34)31-22-8-6-7-9-22)32(27(33)18-30)15-14-20-10-12-23(35-3)25(16-20)36-4/h10-13,16-17,19,22,28H,6-9,14-15,18H2,1-5H3,(H,31,34). The van der Waals surface area contributed by atoms with Gasteiger partial charge >= 0.3 is 0 Å².